The Morgan fingerprint density at radius 2 is 1.40 bits per heavy atom. The molecule has 1 fully saturated rings. The van der Waals surface area contributed by atoms with Crippen molar-refractivity contribution in [3.05, 3.63) is 83.4 Å². The van der Waals surface area contributed by atoms with E-state index in [9.17, 15) is 0 Å². The van der Waals surface area contributed by atoms with E-state index in [1.165, 1.54) is 29.5 Å². The zero-order chi connectivity index (χ0) is 14.0. The molecular weight excluding hydrogens is 240 g/mol. The predicted molar refractivity (Wildman–Crippen MR) is 85.8 cm³/mol. The highest BCUT2D eigenvalue weighted by atomic mass is 14.5. The molecule has 102 valence electrons. The van der Waals surface area contributed by atoms with Crippen molar-refractivity contribution in [3.63, 3.8) is 0 Å². The van der Waals surface area contributed by atoms with Crippen LogP contribution in [-0.4, -0.2) is 0 Å². The zero-order valence-corrected chi connectivity index (χ0v) is 12.3. The fourth-order valence-corrected chi connectivity index (χ4v) is 3.58. The summed E-state index contributed by atoms with van der Waals surface area (Å²) in [7, 11) is 0. The average molecular weight is 262 g/mol. The highest BCUT2D eigenvalue weighted by Crippen LogP contribution is 2.54. The number of benzene rings is 2. The van der Waals surface area contributed by atoms with Gasteiger partial charge in [0.25, 0.3) is 0 Å². The maximum atomic E-state index is 2.46. The lowest BCUT2D eigenvalue weighted by Gasteiger charge is -2.50. The SMILES string of the molecule is CC(C)=CC1CCC1(c1ccccc1)c1ccccc1. The van der Waals surface area contributed by atoms with Gasteiger partial charge in [-0.25, -0.2) is 0 Å². The summed E-state index contributed by atoms with van der Waals surface area (Å²) in [6.07, 6.45) is 4.99. The molecular formula is C20H22. The van der Waals surface area contributed by atoms with Crippen LogP contribution in [0.3, 0.4) is 0 Å². The van der Waals surface area contributed by atoms with Gasteiger partial charge in [-0.3, -0.25) is 0 Å². The normalized spacial score (nSPS) is 20.0. The third kappa shape index (κ3) is 2.10. The monoisotopic (exact) mass is 262 g/mol. The van der Waals surface area contributed by atoms with Gasteiger partial charge in [0.05, 0.1) is 0 Å². The molecule has 1 atom stereocenters. The van der Waals surface area contributed by atoms with Crippen molar-refractivity contribution in [1.82, 2.24) is 0 Å². The second kappa shape index (κ2) is 5.28. The van der Waals surface area contributed by atoms with Gasteiger partial charge in [0.1, 0.15) is 0 Å². The number of allylic oxidation sites excluding steroid dienone is 2. The first-order chi connectivity index (χ1) is 9.73. The molecule has 1 aliphatic rings. The molecule has 0 N–H and O–H groups in total. The van der Waals surface area contributed by atoms with Crippen molar-refractivity contribution >= 4 is 0 Å². The van der Waals surface area contributed by atoms with Gasteiger partial charge in [-0.05, 0) is 43.7 Å². The molecule has 0 nitrogen and oxygen atoms in total. The third-order valence-electron chi connectivity index (χ3n) is 4.60. The molecule has 0 saturated heterocycles. The molecule has 1 unspecified atom stereocenters. The molecule has 0 radical (unpaired) electrons. The second-order valence-corrected chi connectivity index (χ2v) is 6.09. The zero-order valence-electron chi connectivity index (χ0n) is 12.3. The van der Waals surface area contributed by atoms with E-state index in [1.807, 2.05) is 0 Å². The van der Waals surface area contributed by atoms with Gasteiger partial charge in [-0.15, -0.1) is 0 Å². The predicted octanol–water partition coefficient (Wildman–Crippen LogP) is 5.35. The Labute approximate surface area is 122 Å². The summed E-state index contributed by atoms with van der Waals surface area (Å²) >= 11 is 0. The van der Waals surface area contributed by atoms with Crippen molar-refractivity contribution < 1.29 is 0 Å². The van der Waals surface area contributed by atoms with E-state index in [4.69, 9.17) is 0 Å². The van der Waals surface area contributed by atoms with E-state index in [0.29, 0.717) is 5.92 Å². The van der Waals surface area contributed by atoms with Crippen LogP contribution < -0.4 is 0 Å². The minimum absolute atomic E-state index is 0.180. The Kier molecular flexibility index (Phi) is 3.48. The lowest BCUT2D eigenvalue weighted by Crippen LogP contribution is -2.44. The van der Waals surface area contributed by atoms with Crippen molar-refractivity contribution in [3.8, 4) is 0 Å². The molecule has 3 rings (SSSR count). The molecule has 0 spiro atoms. The largest absolute Gasteiger partial charge is 0.0815 e. The molecule has 0 aromatic heterocycles. The summed E-state index contributed by atoms with van der Waals surface area (Å²) in [5, 5.41) is 0. The van der Waals surface area contributed by atoms with Crippen LogP contribution in [0.15, 0.2) is 72.3 Å². The average Bonchev–Trinajstić information content (AvgIpc) is 2.46. The Bertz CT molecular complexity index is 549. The fourth-order valence-electron chi connectivity index (χ4n) is 3.58. The van der Waals surface area contributed by atoms with Crippen molar-refractivity contribution in [2.24, 2.45) is 5.92 Å². The van der Waals surface area contributed by atoms with E-state index < -0.39 is 0 Å². The summed E-state index contributed by atoms with van der Waals surface area (Å²) in [6.45, 7) is 4.41. The highest BCUT2D eigenvalue weighted by molar-refractivity contribution is 5.44. The molecule has 0 aliphatic heterocycles. The topological polar surface area (TPSA) is 0 Å². The van der Waals surface area contributed by atoms with Crippen molar-refractivity contribution in [2.75, 3.05) is 0 Å². The first-order valence-corrected chi connectivity index (χ1v) is 7.49. The van der Waals surface area contributed by atoms with E-state index >= 15 is 0 Å². The van der Waals surface area contributed by atoms with Crippen LogP contribution in [0.1, 0.15) is 37.8 Å². The van der Waals surface area contributed by atoms with Crippen LogP contribution in [0.25, 0.3) is 0 Å². The van der Waals surface area contributed by atoms with Crippen LogP contribution in [0.5, 0.6) is 0 Å². The quantitative estimate of drug-likeness (QED) is 0.654. The molecule has 2 aromatic carbocycles. The molecule has 2 aromatic rings. The Morgan fingerprint density at radius 3 is 1.75 bits per heavy atom. The summed E-state index contributed by atoms with van der Waals surface area (Å²) in [6, 6.07) is 22.0. The number of hydrogen-bond acceptors (Lipinski definition) is 0. The lowest BCUT2D eigenvalue weighted by atomic mass is 9.53. The van der Waals surface area contributed by atoms with Gasteiger partial charge in [-0.1, -0.05) is 72.3 Å². The standard InChI is InChI=1S/C20H22/c1-16(2)15-19-13-14-20(19,17-9-5-3-6-10-17)18-11-7-4-8-12-18/h3-12,15,19H,13-14H2,1-2H3. The van der Waals surface area contributed by atoms with Crippen LogP contribution >= 0.6 is 0 Å². The second-order valence-electron chi connectivity index (χ2n) is 6.09. The van der Waals surface area contributed by atoms with Crippen molar-refractivity contribution in [1.29, 1.82) is 0 Å². The van der Waals surface area contributed by atoms with Crippen LogP contribution in [0, 0.1) is 5.92 Å². The van der Waals surface area contributed by atoms with E-state index in [-0.39, 0.29) is 5.41 Å². The number of hydrogen-bond donors (Lipinski definition) is 0. The molecule has 0 bridgehead atoms. The van der Waals surface area contributed by atoms with E-state index in [1.54, 1.807) is 0 Å². The maximum absolute atomic E-state index is 2.46. The summed E-state index contributed by atoms with van der Waals surface area (Å²) in [5.41, 5.74) is 4.52. The summed E-state index contributed by atoms with van der Waals surface area (Å²) in [5.74, 6) is 0.622. The minimum atomic E-state index is 0.180. The fraction of sp³-hybridized carbons (Fsp3) is 0.300. The molecule has 0 heteroatoms. The minimum Gasteiger partial charge on any atom is -0.0815 e. The number of rotatable bonds is 3. The van der Waals surface area contributed by atoms with Crippen LogP contribution in [0.2, 0.25) is 0 Å². The van der Waals surface area contributed by atoms with E-state index in [0.717, 1.165) is 0 Å². The Balaban J connectivity index is 2.12. The highest BCUT2D eigenvalue weighted by Gasteiger charge is 2.47. The smallest absolute Gasteiger partial charge is 0.0265 e. The Morgan fingerprint density at radius 1 is 0.900 bits per heavy atom. The third-order valence-corrected chi connectivity index (χ3v) is 4.60. The first kappa shape index (κ1) is 13.2. The van der Waals surface area contributed by atoms with Crippen LogP contribution in [-0.2, 0) is 5.41 Å². The van der Waals surface area contributed by atoms with Gasteiger partial charge in [0.15, 0.2) is 0 Å². The summed E-state index contributed by atoms with van der Waals surface area (Å²) in [4.78, 5) is 0. The molecule has 0 amide bonds. The lowest BCUT2D eigenvalue weighted by molar-refractivity contribution is 0.212. The Hall–Kier alpha value is -1.82. The van der Waals surface area contributed by atoms with Gasteiger partial charge in [0.2, 0.25) is 0 Å². The molecule has 20 heavy (non-hydrogen) atoms. The van der Waals surface area contributed by atoms with Gasteiger partial charge >= 0.3 is 0 Å². The molecule has 1 saturated carbocycles. The van der Waals surface area contributed by atoms with Crippen LogP contribution in [0.4, 0.5) is 0 Å². The van der Waals surface area contributed by atoms with Gasteiger partial charge < -0.3 is 0 Å². The first-order valence-electron chi connectivity index (χ1n) is 7.49. The van der Waals surface area contributed by atoms with Gasteiger partial charge in [0, 0.05) is 5.41 Å². The molecule has 0 heterocycles. The van der Waals surface area contributed by atoms with Crippen molar-refractivity contribution in [2.45, 2.75) is 32.1 Å². The summed E-state index contributed by atoms with van der Waals surface area (Å²) < 4.78 is 0. The van der Waals surface area contributed by atoms with E-state index in [2.05, 4.69) is 80.6 Å². The van der Waals surface area contributed by atoms with Gasteiger partial charge in [-0.2, -0.15) is 0 Å². The molecule has 1 aliphatic carbocycles. The maximum Gasteiger partial charge on any atom is 0.0265 e.